The van der Waals surface area contributed by atoms with Gasteiger partial charge in [0.25, 0.3) is 5.69 Å². The van der Waals surface area contributed by atoms with Crippen LogP contribution in [0.4, 0.5) is 17.1 Å². The number of methoxy groups -OCH3 is 1. The van der Waals surface area contributed by atoms with Crippen LogP contribution in [0, 0.1) is 17.0 Å². The molecule has 2 aromatic carbocycles. The number of nitro benzene ring substituents is 1. The fraction of sp³-hybridized carbons (Fsp3) is 0.222. The van der Waals surface area contributed by atoms with Gasteiger partial charge in [0, 0.05) is 12.1 Å². The molecule has 0 atom stereocenters. The molecule has 2 rings (SSSR count). The molecule has 0 aromatic heterocycles. The molecule has 12 heteroatoms. The van der Waals surface area contributed by atoms with E-state index in [2.05, 4.69) is 10.1 Å². The summed E-state index contributed by atoms with van der Waals surface area (Å²) in [6, 6.07) is 7.77. The number of carbonyl (C=O) groups is 2. The smallest absolute Gasteiger partial charge is 0.337 e. The molecule has 10 nitrogen and oxygen atoms in total. The van der Waals surface area contributed by atoms with E-state index in [0.29, 0.717) is 5.56 Å². The molecule has 0 saturated carbocycles. The van der Waals surface area contributed by atoms with Gasteiger partial charge in [-0.3, -0.25) is 19.2 Å². The quantitative estimate of drug-likeness (QED) is 0.385. The number of sulfonamides is 1. The summed E-state index contributed by atoms with van der Waals surface area (Å²) < 4.78 is 29.9. The Morgan fingerprint density at radius 3 is 2.47 bits per heavy atom. The van der Waals surface area contributed by atoms with Crippen LogP contribution in [-0.4, -0.2) is 45.1 Å². The lowest BCUT2D eigenvalue weighted by Crippen LogP contribution is -2.38. The fourth-order valence-electron chi connectivity index (χ4n) is 2.55. The molecule has 0 unspecified atom stereocenters. The second-order valence-corrected chi connectivity index (χ2v) is 8.55. The van der Waals surface area contributed by atoms with Gasteiger partial charge in [-0.1, -0.05) is 17.7 Å². The minimum atomic E-state index is -3.96. The first-order chi connectivity index (χ1) is 13.9. The Labute approximate surface area is 177 Å². The van der Waals surface area contributed by atoms with Crippen molar-refractivity contribution in [2.45, 2.75) is 6.92 Å². The molecule has 0 aliphatic heterocycles. The van der Waals surface area contributed by atoms with Crippen LogP contribution in [0.3, 0.4) is 0 Å². The minimum absolute atomic E-state index is 0.00346. The van der Waals surface area contributed by atoms with Crippen molar-refractivity contribution in [3.63, 3.8) is 0 Å². The van der Waals surface area contributed by atoms with Crippen LogP contribution < -0.4 is 9.62 Å². The maximum Gasteiger partial charge on any atom is 0.337 e. The SMILES string of the molecule is COC(=O)c1ccc(Cl)c(NC(=O)CN(c2cc([N+](=O)[O-])ccc2C)S(C)(=O)=O)c1. The van der Waals surface area contributed by atoms with Gasteiger partial charge < -0.3 is 10.1 Å². The minimum Gasteiger partial charge on any atom is -0.465 e. The molecule has 30 heavy (non-hydrogen) atoms. The first-order valence-corrected chi connectivity index (χ1v) is 10.6. The van der Waals surface area contributed by atoms with E-state index in [1.807, 2.05) is 0 Å². The number of amides is 1. The van der Waals surface area contributed by atoms with Crippen molar-refractivity contribution in [3.8, 4) is 0 Å². The average Bonchev–Trinajstić information content (AvgIpc) is 2.66. The van der Waals surface area contributed by atoms with Crippen molar-refractivity contribution in [2.24, 2.45) is 0 Å². The Bertz CT molecular complexity index is 1120. The van der Waals surface area contributed by atoms with Gasteiger partial charge >= 0.3 is 5.97 Å². The number of esters is 1. The van der Waals surface area contributed by atoms with Crippen LogP contribution in [-0.2, 0) is 19.6 Å². The first-order valence-electron chi connectivity index (χ1n) is 8.34. The molecule has 1 N–H and O–H groups in total. The lowest BCUT2D eigenvalue weighted by molar-refractivity contribution is -0.384. The van der Waals surface area contributed by atoms with E-state index < -0.39 is 33.4 Å². The van der Waals surface area contributed by atoms with Crippen molar-refractivity contribution in [1.29, 1.82) is 0 Å². The highest BCUT2D eigenvalue weighted by atomic mass is 35.5. The second-order valence-electron chi connectivity index (χ2n) is 6.23. The summed E-state index contributed by atoms with van der Waals surface area (Å²) in [6.45, 7) is 0.894. The summed E-state index contributed by atoms with van der Waals surface area (Å²) in [7, 11) is -2.77. The third-order valence-corrected chi connectivity index (χ3v) is 5.48. The van der Waals surface area contributed by atoms with Gasteiger partial charge in [-0.2, -0.15) is 0 Å². The third kappa shape index (κ3) is 5.45. The van der Waals surface area contributed by atoms with Crippen LogP contribution in [0.5, 0.6) is 0 Å². The number of nitrogens with one attached hydrogen (secondary N) is 1. The Morgan fingerprint density at radius 2 is 1.90 bits per heavy atom. The Kier molecular flexibility index (Phi) is 7.00. The maximum absolute atomic E-state index is 12.5. The van der Waals surface area contributed by atoms with Crippen LogP contribution in [0.25, 0.3) is 0 Å². The molecule has 0 bridgehead atoms. The molecule has 1 amide bonds. The number of halogens is 1. The Morgan fingerprint density at radius 1 is 1.23 bits per heavy atom. The number of hydrogen-bond donors (Lipinski definition) is 1. The number of aryl methyl sites for hydroxylation is 1. The molecule has 0 fully saturated rings. The number of nitro groups is 1. The topological polar surface area (TPSA) is 136 Å². The van der Waals surface area contributed by atoms with E-state index in [1.165, 1.54) is 37.4 Å². The summed E-state index contributed by atoms with van der Waals surface area (Å²) in [5.74, 6) is -1.41. The van der Waals surface area contributed by atoms with Crippen molar-refractivity contribution in [3.05, 3.63) is 62.7 Å². The lowest BCUT2D eigenvalue weighted by atomic mass is 10.2. The van der Waals surface area contributed by atoms with E-state index in [1.54, 1.807) is 6.92 Å². The summed E-state index contributed by atoms with van der Waals surface area (Å²) in [6.07, 6.45) is 0.878. The molecule has 0 spiro atoms. The van der Waals surface area contributed by atoms with Crippen molar-refractivity contribution in [1.82, 2.24) is 0 Å². The summed E-state index contributed by atoms with van der Waals surface area (Å²) in [5.41, 5.74) is 0.305. The number of rotatable bonds is 7. The second kappa shape index (κ2) is 9.09. The molecular formula is C18H18ClN3O7S. The Balaban J connectivity index is 2.36. The Hall–Kier alpha value is -3.18. The maximum atomic E-state index is 12.5. The predicted molar refractivity (Wildman–Crippen MR) is 111 cm³/mol. The van der Waals surface area contributed by atoms with E-state index in [-0.39, 0.29) is 27.6 Å². The van der Waals surface area contributed by atoms with Crippen molar-refractivity contribution < 1.29 is 27.7 Å². The first kappa shape index (κ1) is 23.1. The van der Waals surface area contributed by atoms with Crippen LogP contribution in [0.15, 0.2) is 36.4 Å². The number of ether oxygens (including phenoxy) is 1. The molecule has 0 aliphatic carbocycles. The zero-order chi connectivity index (χ0) is 22.6. The number of carbonyl (C=O) groups excluding carboxylic acids is 2. The van der Waals surface area contributed by atoms with Gasteiger partial charge in [0.05, 0.1) is 40.2 Å². The van der Waals surface area contributed by atoms with Gasteiger partial charge in [0.15, 0.2) is 0 Å². The average molecular weight is 456 g/mol. The number of benzene rings is 2. The van der Waals surface area contributed by atoms with Crippen LogP contribution in [0.1, 0.15) is 15.9 Å². The highest BCUT2D eigenvalue weighted by Gasteiger charge is 2.25. The van der Waals surface area contributed by atoms with Gasteiger partial charge in [0.2, 0.25) is 15.9 Å². The zero-order valence-corrected chi connectivity index (χ0v) is 17.8. The zero-order valence-electron chi connectivity index (χ0n) is 16.2. The molecule has 160 valence electrons. The predicted octanol–water partition coefficient (Wildman–Crippen LogP) is 2.75. The molecule has 0 saturated heterocycles. The normalized spacial score (nSPS) is 10.9. The number of anilines is 2. The fourth-order valence-corrected chi connectivity index (χ4v) is 3.62. The van der Waals surface area contributed by atoms with Gasteiger partial charge in [0.1, 0.15) is 6.54 Å². The van der Waals surface area contributed by atoms with Crippen LogP contribution in [0.2, 0.25) is 5.02 Å². The number of nitrogens with zero attached hydrogens (tertiary/aromatic N) is 2. The van der Waals surface area contributed by atoms with E-state index in [9.17, 15) is 28.1 Å². The highest BCUT2D eigenvalue weighted by Crippen LogP contribution is 2.28. The number of non-ortho nitro benzene ring substituents is 1. The third-order valence-electron chi connectivity index (χ3n) is 4.02. The molecule has 0 aliphatic rings. The monoisotopic (exact) mass is 455 g/mol. The molecule has 0 heterocycles. The molecule has 0 radical (unpaired) electrons. The molecular weight excluding hydrogens is 438 g/mol. The van der Waals surface area contributed by atoms with Crippen molar-refractivity contribution in [2.75, 3.05) is 29.5 Å². The standard InChI is InChI=1S/C18H18ClN3O7S/c1-11-4-6-13(22(25)26)9-16(11)21(30(3,27)28)10-17(23)20-15-8-12(18(24)29-2)5-7-14(15)19/h4-9H,10H2,1-3H3,(H,20,23). The van der Waals surface area contributed by atoms with E-state index >= 15 is 0 Å². The summed E-state index contributed by atoms with van der Waals surface area (Å²) in [5, 5.41) is 13.6. The van der Waals surface area contributed by atoms with Gasteiger partial charge in [-0.05, 0) is 30.7 Å². The molecule has 2 aromatic rings. The van der Waals surface area contributed by atoms with Crippen LogP contribution >= 0.6 is 11.6 Å². The van der Waals surface area contributed by atoms with E-state index in [0.717, 1.165) is 16.6 Å². The number of hydrogen-bond acceptors (Lipinski definition) is 7. The highest BCUT2D eigenvalue weighted by molar-refractivity contribution is 7.92. The summed E-state index contributed by atoms with van der Waals surface area (Å²) >= 11 is 6.04. The van der Waals surface area contributed by atoms with Crippen molar-refractivity contribution >= 4 is 50.6 Å². The lowest BCUT2D eigenvalue weighted by Gasteiger charge is -2.23. The van der Waals surface area contributed by atoms with Gasteiger partial charge in [-0.15, -0.1) is 0 Å². The van der Waals surface area contributed by atoms with Gasteiger partial charge in [-0.25, -0.2) is 13.2 Å². The summed E-state index contributed by atoms with van der Waals surface area (Å²) in [4.78, 5) is 34.6. The largest absolute Gasteiger partial charge is 0.465 e. The van der Waals surface area contributed by atoms with E-state index in [4.69, 9.17) is 11.6 Å².